The van der Waals surface area contributed by atoms with Crippen LogP contribution in [0.25, 0.3) is 21.9 Å². The van der Waals surface area contributed by atoms with Gasteiger partial charge < -0.3 is 35.5 Å². The molecule has 5 rings (SSSR count). The summed E-state index contributed by atoms with van der Waals surface area (Å²) in [5.41, 5.74) is 11.0. The summed E-state index contributed by atoms with van der Waals surface area (Å²) in [6.45, 7) is 7.98. The van der Waals surface area contributed by atoms with E-state index in [1.807, 2.05) is 24.4 Å². The molecule has 1 fully saturated rings. The number of fused-ring (bicyclic) bond motifs is 3. The Morgan fingerprint density at radius 1 is 1.26 bits per heavy atom. The van der Waals surface area contributed by atoms with Crippen molar-refractivity contribution in [3.8, 4) is 5.88 Å². The summed E-state index contributed by atoms with van der Waals surface area (Å²) < 4.78 is 13.2. The maximum absolute atomic E-state index is 9.96. The average Bonchev–Trinajstić information content (AvgIpc) is 3.21. The van der Waals surface area contributed by atoms with Crippen molar-refractivity contribution in [2.45, 2.75) is 45.8 Å². The van der Waals surface area contributed by atoms with Crippen molar-refractivity contribution in [3.05, 3.63) is 47.7 Å². The molecule has 10 heteroatoms. The molecule has 0 radical (unpaired) electrons. The molecule has 0 bridgehead atoms. The molecule has 1 aliphatic heterocycles. The summed E-state index contributed by atoms with van der Waals surface area (Å²) in [5.74, 6) is 1.37. The number of nitrogens with two attached hydrogens (primary N) is 1. The van der Waals surface area contributed by atoms with E-state index in [-0.39, 0.29) is 24.0 Å². The highest BCUT2D eigenvalue weighted by Gasteiger charge is 2.32. The summed E-state index contributed by atoms with van der Waals surface area (Å²) in [7, 11) is 1.64. The van der Waals surface area contributed by atoms with E-state index in [0.717, 1.165) is 65.7 Å². The number of aromatic nitrogens is 4. The number of anilines is 2. The number of rotatable bonds is 12. The Labute approximate surface area is 222 Å². The van der Waals surface area contributed by atoms with Crippen molar-refractivity contribution in [2.75, 3.05) is 44.5 Å². The Kier molecular flexibility index (Phi) is 7.64. The van der Waals surface area contributed by atoms with Crippen molar-refractivity contribution in [1.82, 2.24) is 24.8 Å². The molecular formula is C28H37N7O3. The number of nitrogens with zero attached hydrogens (tertiary/aromatic N) is 4. The van der Waals surface area contributed by atoms with E-state index in [0.29, 0.717) is 24.8 Å². The van der Waals surface area contributed by atoms with E-state index < -0.39 is 0 Å². The first-order chi connectivity index (χ1) is 18.4. The van der Waals surface area contributed by atoms with E-state index >= 15 is 0 Å². The van der Waals surface area contributed by atoms with Crippen molar-refractivity contribution >= 4 is 33.7 Å². The highest BCUT2D eigenvalue weighted by molar-refractivity contribution is 6.09. The minimum absolute atomic E-state index is 0.00255. The van der Waals surface area contributed by atoms with Crippen molar-refractivity contribution in [3.63, 3.8) is 0 Å². The lowest BCUT2D eigenvalue weighted by Gasteiger charge is -2.38. The van der Waals surface area contributed by atoms with Crippen LogP contribution in [-0.2, 0) is 17.8 Å². The third kappa shape index (κ3) is 5.24. The van der Waals surface area contributed by atoms with Crippen molar-refractivity contribution < 1.29 is 14.6 Å². The van der Waals surface area contributed by atoms with E-state index in [9.17, 15) is 5.11 Å². The first-order valence-electron chi connectivity index (χ1n) is 13.2. The van der Waals surface area contributed by atoms with Crippen LogP contribution in [0.1, 0.15) is 37.8 Å². The van der Waals surface area contributed by atoms with Gasteiger partial charge in [0, 0.05) is 35.7 Å². The third-order valence-corrected chi connectivity index (χ3v) is 7.11. The topological polar surface area (TPSA) is 132 Å². The average molecular weight is 520 g/mol. The molecular weight excluding hydrogens is 482 g/mol. The first-order valence-corrected chi connectivity index (χ1v) is 13.2. The van der Waals surface area contributed by atoms with Gasteiger partial charge in [-0.05, 0) is 24.1 Å². The van der Waals surface area contributed by atoms with Crippen LogP contribution in [0.2, 0.25) is 0 Å². The molecule has 202 valence electrons. The van der Waals surface area contributed by atoms with Gasteiger partial charge in [-0.1, -0.05) is 38.5 Å². The van der Waals surface area contributed by atoms with Crippen molar-refractivity contribution in [2.24, 2.45) is 5.41 Å². The zero-order valence-electron chi connectivity index (χ0n) is 22.3. The fourth-order valence-electron chi connectivity index (χ4n) is 5.13. The minimum Gasteiger partial charge on any atom is -0.481 e. The molecule has 0 unspecified atom stereocenters. The zero-order chi connectivity index (χ0) is 26.7. The summed E-state index contributed by atoms with van der Waals surface area (Å²) in [4.78, 5) is 13.8. The molecule has 1 saturated heterocycles. The summed E-state index contributed by atoms with van der Waals surface area (Å²) >= 11 is 0. The molecule has 10 nitrogen and oxygen atoms in total. The maximum atomic E-state index is 9.96. The summed E-state index contributed by atoms with van der Waals surface area (Å²) in [6.07, 6.45) is 3.59. The second-order valence-corrected chi connectivity index (χ2v) is 10.5. The lowest BCUT2D eigenvalue weighted by molar-refractivity contribution is -0.0991. The molecule has 0 aliphatic carbocycles. The SMILES string of the molecule is CCC[C@@H](CO)Nc1nc(N)nc2c3ccccc3n(Cc3cc(CNCC4(C)COC4)cnc3OC)c12. The largest absolute Gasteiger partial charge is 0.481 e. The number of aliphatic hydroxyl groups is 1. The van der Waals surface area contributed by atoms with Crippen LogP contribution in [0.4, 0.5) is 11.8 Å². The van der Waals surface area contributed by atoms with Gasteiger partial charge in [-0.15, -0.1) is 0 Å². The third-order valence-electron chi connectivity index (χ3n) is 7.11. The van der Waals surface area contributed by atoms with E-state index in [1.165, 1.54) is 0 Å². The Morgan fingerprint density at radius 3 is 2.79 bits per heavy atom. The summed E-state index contributed by atoms with van der Waals surface area (Å²) in [5, 5.41) is 17.9. The van der Waals surface area contributed by atoms with Gasteiger partial charge in [0.2, 0.25) is 11.8 Å². The monoisotopic (exact) mass is 519 g/mol. The minimum atomic E-state index is -0.141. The van der Waals surface area contributed by atoms with E-state index in [2.05, 4.69) is 56.1 Å². The quantitative estimate of drug-likeness (QED) is 0.222. The van der Waals surface area contributed by atoms with Crippen LogP contribution in [0.15, 0.2) is 36.5 Å². The standard InChI is InChI=1S/C28H37N7O3/c1-4-7-20(14-36)32-25-24-23(33-27(29)34-25)21-8-5-6-9-22(21)35(24)13-19-10-18(12-31-26(19)37-3)11-30-15-28(2)16-38-17-28/h5-6,8-10,12,20,30,36H,4,7,11,13-17H2,1-3H3,(H3,29,32,33,34)/t20-/m0/s1. The van der Waals surface area contributed by atoms with E-state index in [4.69, 9.17) is 15.2 Å². The van der Waals surface area contributed by atoms with Gasteiger partial charge in [0.15, 0.2) is 5.82 Å². The highest BCUT2D eigenvalue weighted by atomic mass is 16.5. The number of nitrogen functional groups attached to an aromatic ring is 1. The Balaban J connectivity index is 1.54. The second kappa shape index (κ2) is 11.1. The fourth-order valence-corrected chi connectivity index (χ4v) is 5.13. The van der Waals surface area contributed by atoms with Gasteiger partial charge in [0.05, 0.1) is 45.0 Å². The number of benzene rings is 1. The number of para-hydroxylation sites is 1. The Bertz CT molecular complexity index is 1420. The Hall–Kier alpha value is -3.47. The molecule has 4 aromatic rings. The molecule has 0 saturated carbocycles. The lowest BCUT2D eigenvalue weighted by Crippen LogP contribution is -2.47. The van der Waals surface area contributed by atoms with E-state index in [1.54, 1.807) is 7.11 Å². The highest BCUT2D eigenvalue weighted by Crippen LogP contribution is 2.34. The number of aliphatic hydroxyl groups excluding tert-OH is 1. The molecule has 5 N–H and O–H groups in total. The molecule has 1 aliphatic rings. The molecule has 3 aromatic heterocycles. The molecule has 1 aromatic carbocycles. The fraction of sp³-hybridized carbons (Fsp3) is 0.464. The zero-order valence-corrected chi connectivity index (χ0v) is 22.3. The molecule has 38 heavy (non-hydrogen) atoms. The first kappa shape index (κ1) is 26.1. The number of nitrogens with one attached hydrogen (secondary N) is 2. The molecule has 1 atom stereocenters. The van der Waals surface area contributed by atoms with Gasteiger partial charge >= 0.3 is 0 Å². The molecule has 0 amide bonds. The normalized spacial score (nSPS) is 15.5. The van der Waals surface area contributed by atoms with Gasteiger partial charge in [-0.3, -0.25) is 0 Å². The summed E-state index contributed by atoms with van der Waals surface area (Å²) in [6, 6.07) is 10.1. The van der Waals surface area contributed by atoms with Crippen LogP contribution >= 0.6 is 0 Å². The number of methoxy groups -OCH3 is 1. The van der Waals surface area contributed by atoms with Gasteiger partial charge in [-0.2, -0.15) is 4.98 Å². The van der Waals surface area contributed by atoms with Gasteiger partial charge in [-0.25, -0.2) is 9.97 Å². The number of hydrogen-bond donors (Lipinski definition) is 4. The molecule has 0 spiro atoms. The van der Waals surface area contributed by atoms with Crippen LogP contribution in [0.3, 0.4) is 0 Å². The lowest BCUT2D eigenvalue weighted by atomic mass is 9.89. The Morgan fingerprint density at radius 2 is 2.08 bits per heavy atom. The number of ether oxygens (including phenoxy) is 2. The van der Waals surface area contributed by atoms with Crippen LogP contribution in [0.5, 0.6) is 5.88 Å². The van der Waals surface area contributed by atoms with Crippen LogP contribution in [0, 0.1) is 5.41 Å². The molecule has 4 heterocycles. The second-order valence-electron chi connectivity index (χ2n) is 10.5. The number of pyridine rings is 1. The van der Waals surface area contributed by atoms with Crippen LogP contribution in [-0.4, -0.2) is 64.1 Å². The predicted molar refractivity (Wildman–Crippen MR) is 149 cm³/mol. The smallest absolute Gasteiger partial charge is 0.222 e. The van der Waals surface area contributed by atoms with Crippen molar-refractivity contribution in [1.29, 1.82) is 0 Å². The van der Waals surface area contributed by atoms with Gasteiger partial charge in [0.1, 0.15) is 11.0 Å². The predicted octanol–water partition coefficient (Wildman–Crippen LogP) is 3.32. The maximum Gasteiger partial charge on any atom is 0.222 e. The van der Waals surface area contributed by atoms with Gasteiger partial charge in [0.25, 0.3) is 0 Å². The number of hydrogen-bond acceptors (Lipinski definition) is 9. The van der Waals surface area contributed by atoms with Crippen LogP contribution < -0.4 is 21.1 Å².